The molecule has 0 fully saturated rings. The number of rotatable bonds is 8. The molecule has 4 nitrogen and oxygen atoms in total. The molecule has 1 aromatic rings. The zero-order chi connectivity index (χ0) is 15.0. The van der Waals surface area contributed by atoms with E-state index >= 15 is 0 Å². The maximum atomic E-state index is 12.0. The van der Waals surface area contributed by atoms with Gasteiger partial charge in [-0.25, -0.2) is 0 Å². The lowest BCUT2D eigenvalue weighted by Crippen LogP contribution is -2.30. The van der Waals surface area contributed by atoms with Crippen LogP contribution in [-0.2, 0) is 11.3 Å². The van der Waals surface area contributed by atoms with Gasteiger partial charge in [-0.3, -0.25) is 4.79 Å². The van der Waals surface area contributed by atoms with Crippen LogP contribution < -0.4 is 15.4 Å². The number of carbonyl (C=O) groups excluding carboxylic acids is 1. The molecule has 1 amide bonds. The van der Waals surface area contributed by atoms with Crippen LogP contribution in [0.3, 0.4) is 0 Å². The number of carbonyl (C=O) groups is 1. The Morgan fingerprint density at radius 2 is 1.90 bits per heavy atom. The van der Waals surface area contributed by atoms with Crippen LogP contribution >= 0.6 is 0 Å². The molecule has 0 saturated heterocycles. The minimum Gasteiger partial charge on any atom is -0.435 e. The summed E-state index contributed by atoms with van der Waals surface area (Å²) in [5.74, 6) is 0.0577. The Hall–Kier alpha value is -1.69. The summed E-state index contributed by atoms with van der Waals surface area (Å²) in [6, 6.07) is 6.54. The van der Waals surface area contributed by atoms with Crippen LogP contribution in [0.15, 0.2) is 24.3 Å². The fourth-order valence-electron chi connectivity index (χ4n) is 1.55. The van der Waals surface area contributed by atoms with Crippen LogP contribution in [0.4, 0.5) is 8.78 Å². The zero-order valence-corrected chi connectivity index (χ0v) is 11.7. The first kappa shape index (κ1) is 16.4. The van der Waals surface area contributed by atoms with E-state index in [1.165, 1.54) is 12.1 Å². The number of hydrogen-bond acceptors (Lipinski definition) is 3. The number of halogens is 2. The van der Waals surface area contributed by atoms with E-state index in [9.17, 15) is 13.6 Å². The summed E-state index contributed by atoms with van der Waals surface area (Å²) in [4.78, 5) is 11.5. The van der Waals surface area contributed by atoms with Crippen molar-refractivity contribution in [3.8, 4) is 5.75 Å². The van der Waals surface area contributed by atoms with Gasteiger partial charge in [0.2, 0.25) is 5.91 Å². The molecular weight excluding hydrogens is 266 g/mol. The van der Waals surface area contributed by atoms with Crippen molar-refractivity contribution < 1.29 is 18.3 Å². The van der Waals surface area contributed by atoms with E-state index in [1.807, 2.05) is 13.8 Å². The molecular formula is C14H20F2N2O2. The molecule has 6 heteroatoms. The SMILES string of the molecule is CC(C)NCCC(=O)NCc1ccc(OC(F)F)cc1. The maximum absolute atomic E-state index is 12.0. The predicted octanol–water partition coefficient (Wildman–Crippen LogP) is 2.29. The van der Waals surface area contributed by atoms with E-state index in [0.29, 0.717) is 25.6 Å². The molecule has 2 N–H and O–H groups in total. The fourth-order valence-corrected chi connectivity index (χ4v) is 1.55. The van der Waals surface area contributed by atoms with Gasteiger partial charge in [-0.05, 0) is 17.7 Å². The first-order valence-electron chi connectivity index (χ1n) is 6.51. The Labute approximate surface area is 117 Å². The average Bonchev–Trinajstić information content (AvgIpc) is 2.37. The van der Waals surface area contributed by atoms with Gasteiger partial charge in [-0.1, -0.05) is 26.0 Å². The van der Waals surface area contributed by atoms with E-state index < -0.39 is 6.61 Å². The minimum absolute atomic E-state index is 0.0499. The number of amides is 1. The van der Waals surface area contributed by atoms with Gasteiger partial charge in [-0.2, -0.15) is 8.78 Å². The average molecular weight is 286 g/mol. The second kappa shape index (κ2) is 8.47. The van der Waals surface area contributed by atoms with E-state index in [-0.39, 0.29) is 11.7 Å². The first-order chi connectivity index (χ1) is 9.47. The van der Waals surface area contributed by atoms with Crippen molar-refractivity contribution in [2.24, 2.45) is 0 Å². The summed E-state index contributed by atoms with van der Waals surface area (Å²) < 4.78 is 28.2. The van der Waals surface area contributed by atoms with Crippen molar-refractivity contribution in [3.05, 3.63) is 29.8 Å². The quantitative estimate of drug-likeness (QED) is 0.771. The summed E-state index contributed by atoms with van der Waals surface area (Å²) in [6.07, 6.45) is 0.407. The molecule has 112 valence electrons. The standard InChI is InChI=1S/C14H20F2N2O2/c1-10(2)17-8-7-13(19)18-9-11-3-5-12(6-4-11)20-14(15)16/h3-6,10,14,17H,7-9H2,1-2H3,(H,18,19). The molecule has 20 heavy (non-hydrogen) atoms. The van der Waals surface area contributed by atoms with Crippen molar-refractivity contribution in [1.29, 1.82) is 0 Å². The van der Waals surface area contributed by atoms with Gasteiger partial charge in [0, 0.05) is 25.6 Å². The third-order valence-corrected chi connectivity index (χ3v) is 2.54. The highest BCUT2D eigenvalue weighted by atomic mass is 19.3. The Morgan fingerprint density at radius 1 is 1.25 bits per heavy atom. The second-order valence-corrected chi connectivity index (χ2v) is 4.66. The summed E-state index contributed by atoms with van der Waals surface area (Å²) in [5.41, 5.74) is 0.830. The largest absolute Gasteiger partial charge is 0.435 e. The second-order valence-electron chi connectivity index (χ2n) is 4.66. The molecule has 0 bridgehead atoms. The van der Waals surface area contributed by atoms with Gasteiger partial charge in [0.05, 0.1) is 0 Å². The maximum Gasteiger partial charge on any atom is 0.387 e. The summed E-state index contributed by atoms with van der Waals surface area (Å²) >= 11 is 0. The molecule has 0 heterocycles. The third kappa shape index (κ3) is 7.04. The molecule has 0 aliphatic carbocycles. The zero-order valence-electron chi connectivity index (χ0n) is 11.7. The number of ether oxygens (including phenoxy) is 1. The van der Waals surface area contributed by atoms with Crippen molar-refractivity contribution >= 4 is 5.91 Å². The summed E-state index contributed by atoms with van der Waals surface area (Å²) in [5, 5.41) is 5.92. The molecule has 0 saturated carbocycles. The monoisotopic (exact) mass is 286 g/mol. The fraction of sp³-hybridized carbons (Fsp3) is 0.500. The van der Waals surface area contributed by atoms with Gasteiger partial charge in [0.25, 0.3) is 0 Å². The molecule has 0 aliphatic rings. The highest BCUT2D eigenvalue weighted by Gasteiger charge is 2.05. The van der Waals surface area contributed by atoms with Crippen LogP contribution in [0.25, 0.3) is 0 Å². The van der Waals surface area contributed by atoms with Crippen LogP contribution in [0.2, 0.25) is 0 Å². The Balaban J connectivity index is 2.29. The molecule has 1 rings (SSSR count). The Morgan fingerprint density at radius 3 is 2.45 bits per heavy atom. The highest BCUT2D eigenvalue weighted by Crippen LogP contribution is 2.14. The topological polar surface area (TPSA) is 50.4 Å². The van der Waals surface area contributed by atoms with Crippen molar-refractivity contribution in [2.75, 3.05) is 6.54 Å². The molecule has 0 radical (unpaired) electrons. The number of alkyl halides is 2. The molecule has 1 aromatic carbocycles. The Bertz CT molecular complexity index is 408. The van der Waals surface area contributed by atoms with Crippen molar-refractivity contribution in [3.63, 3.8) is 0 Å². The van der Waals surface area contributed by atoms with Gasteiger partial charge in [0.1, 0.15) is 5.75 Å². The minimum atomic E-state index is -2.82. The molecule has 0 aliphatic heterocycles. The molecule has 0 aromatic heterocycles. The predicted molar refractivity (Wildman–Crippen MR) is 72.7 cm³/mol. The van der Waals surface area contributed by atoms with E-state index in [2.05, 4.69) is 15.4 Å². The number of nitrogens with one attached hydrogen (secondary N) is 2. The highest BCUT2D eigenvalue weighted by molar-refractivity contribution is 5.76. The van der Waals surface area contributed by atoms with E-state index in [4.69, 9.17) is 0 Å². The molecule has 0 atom stereocenters. The van der Waals surface area contributed by atoms with E-state index in [1.54, 1.807) is 12.1 Å². The lowest BCUT2D eigenvalue weighted by Gasteiger charge is -2.09. The van der Waals surface area contributed by atoms with Gasteiger partial charge in [0.15, 0.2) is 0 Å². The normalized spacial score (nSPS) is 10.9. The van der Waals surface area contributed by atoms with Gasteiger partial charge < -0.3 is 15.4 Å². The van der Waals surface area contributed by atoms with Crippen molar-refractivity contribution in [2.45, 2.75) is 39.5 Å². The number of benzene rings is 1. The van der Waals surface area contributed by atoms with Gasteiger partial charge >= 0.3 is 6.61 Å². The van der Waals surface area contributed by atoms with Crippen molar-refractivity contribution in [1.82, 2.24) is 10.6 Å². The van der Waals surface area contributed by atoms with Crippen LogP contribution in [0.5, 0.6) is 5.75 Å². The van der Waals surface area contributed by atoms with Gasteiger partial charge in [-0.15, -0.1) is 0 Å². The smallest absolute Gasteiger partial charge is 0.387 e. The van der Waals surface area contributed by atoms with E-state index in [0.717, 1.165) is 5.56 Å². The summed E-state index contributed by atoms with van der Waals surface area (Å²) in [7, 11) is 0. The van der Waals surface area contributed by atoms with Crippen LogP contribution in [0, 0.1) is 0 Å². The lowest BCUT2D eigenvalue weighted by molar-refractivity contribution is -0.121. The lowest BCUT2D eigenvalue weighted by atomic mass is 10.2. The van der Waals surface area contributed by atoms with Crippen LogP contribution in [0.1, 0.15) is 25.8 Å². The molecule has 0 spiro atoms. The third-order valence-electron chi connectivity index (χ3n) is 2.54. The Kier molecular flexibility index (Phi) is 6.93. The van der Waals surface area contributed by atoms with Crippen LogP contribution in [-0.4, -0.2) is 25.1 Å². The summed E-state index contributed by atoms with van der Waals surface area (Å²) in [6.45, 7) is 2.20. The molecule has 0 unspecified atom stereocenters. The number of hydrogen-bond donors (Lipinski definition) is 2. The first-order valence-corrected chi connectivity index (χ1v) is 6.51.